The monoisotopic (exact) mass is 232 g/mol. The van der Waals surface area contributed by atoms with E-state index in [1.807, 2.05) is 11.0 Å². The SMILES string of the molecule is CC(C)CNC(=O)N1CCc2ccccc2C1. The minimum Gasteiger partial charge on any atom is -0.338 e. The van der Waals surface area contributed by atoms with Crippen LogP contribution >= 0.6 is 0 Å². The van der Waals surface area contributed by atoms with Crippen LogP contribution in [0, 0.1) is 5.92 Å². The number of nitrogens with zero attached hydrogens (tertiary/aromatic N) is 1. The van der Waals surface area contributed by atoms with Crippen LogP contribution in [0.15, 0.2) is 24.3 Å². The number of nitrogens with one attached hydrogen (secondary N) is 1. The molecule has 0 fully saturated rings. The van der Waals surface area contributed by atoms with E-state index in [0.717, 1.165) is 26.1 Å². The predicted molar refractivity (Wildman–Crippen MR) is 68.8 cm³/mol. The van der Waals surface area contributed by atoms with Gasteiger partial charge in [-0.15, -0.1) is 0 Å². The van der Waals surface area contributed by atoms with Crippen molar-refractivity contribution in [3.8, 4) is 0 Å². The fourth-order valence-electron chi connectivity index (χ4n) is 2.07. The second kappa shape index (κ2) is 5.21. The molecule has 0 saturated carbocycles. The van der Waals surface area contributed by atoms with Gasteiger partial charge in [0.1, 0.15) is 0 Å². The summed E-state index contributed by atoms with van der Waals surface area (Å²) >= 11 is 0. The van der Waals surface area contributed by atoms with E-state index in [9.17, 15) is 4.79 Å². The predicted octanol–water partition coefficient (Wildman–Crippen LogP) is 2.41. The number of benzene rings is 1. The summed E-state index contributed by atoms with van der Waals surface area (Å²) in [6.45, 7) is 6.51. The molecular formula is C14H20N2O. The fourth-order valence-corrected chi connectivity index (χ4v) is 2.07. The van der Waals surface area contributed by atoms with Crippen LogP contribution in [-0.2, 0) is 13.0 Å². The topological polar surface area (TPSA) is 32.3 Å². The summed E-state index contributed by atoms with van der Waals surface area (Å²) in [6, 6.07) is 8.42. The van der Waals surface area contributed by atoms with E-state index < -0.39 is 0 Å². The molecule has 1 N–H and O–H groups in total. The molecule has 92 valence electrons. The second-order valence-electron chi connectivity index (χ2n) is 5.02. The Kier molecular flexibility index (Phi) is 3.67. The highest BCUT2D eigenvalue weighted by molar-refractivity contribution is 5.74. The Labute approximate surface area is 103 Å². The third-order valence-corrected chi connectivity index (χ3v) is 3.08. The molecule has 0 aliphatic carbocycles. The molecule has 3 heteroatoms. The summed E-state index contributed by atoms with van der Waals surface area (Å²) in [4.78, 5) is 13.8. The van der Waals surface area contributed by atoms with Gasteiger partial charge in [0, 0.05) is 19.6 Å². The first-order valence-electron chi connectivity index (χ1n) is 6.26. The lowest BCUT2D eigenvalue weighted by Crippen LogP contribution is -2.43. The Hall–Kier alpha value is -1.51. The lowest BCUT2D eigenvalue weighted by atomic mass is 10.0. The van der Waals surface area contributed by atoms with Gasteiger partial charge in [-0.1, -0.05) is 38.1 Å². The molecule has 2 rings (SSSR count). The molecule has 0 spiro atoms. The van der Waals surface area contributed by atoms with Crippen molar-refractivity contribution in [3.63, 3.8) is 0 Å². The van der Waals surface area contributed by atoms with E-state index in [1.165, 1.54) is 11.1 Å². The maximum atomic E-state index is 11.9. The van der Waals surface area contributed by atoms with Gasteiger partial charge in [0.15, 0.2) is 0 Å². The summed E-state index contributed by atoms with van der Waals surface area (Å²) in [5.74, 6) is 0.496. The van der Waals surface area contributed by atoms with Gasteiger partial charge in [0.25, 0.3) is 0 Å². The van der Waals surface area contributed by atoms with Gasteiger partial charge in [0.2, 0.25) is 0 Å². The number of hydrogen-bond acceptors (Lipinski definition) is 1. The second-order valence-corrected chi connectivity index (χ2v) is 5.02. The molecule has 1 aromatic rings. The highest BCUT2D eigenvalue weighted by Gasteiger charge is 2.19. The summed E-state index contributed by atoms with van der Waals surface area (Å²) in [5, 5.41) is 2.97. The summed E-state index contributed by atoms with van der Waals surface area (Å²) in [7, 11) is 0. The summed E-state index contributed by atoms with van der Waals surface area (Å²) in [5.41, 5.74) is 2.65. The molecule has 3 nitrogen and oxygen atoms in total. The minimum absolute atomic E-state index is 0.0632. The van der Waals surface area contributed by atoms with Crippen molar-refractivity contribution in [2.75, 3.05) is 13.1 Å². The van der Waals surface area contributed by atoms with Crippen LogP contribution in [0.2, 0.25) is 0 Å². The quantitative estimate of drug-likeness (QED) is 0.834. The van der Waals surface area contributed by atoms with Crippen LogP contribution in [0.4, 0.5) is 4.79 Å². The highest BCUT2D eigenvalue weighted by atomic mass is 16.2. The Balaban J connectivity index is 1.95. The zero-order valence-corrected chi connectivity index (χ0v) is 10.6. The number of hydrogen-bond donors (Lipinski definition) is 1. The van der Waals surface area contributed by atoms with Crippen molar-refractivity contribution in [1.29, 1.82) is 0 Å². The number of rotatable bonds is 2. The average Bonchev–Trinajstić information content (AvgIpc) is 2.35. The summed E-state index contributed by atoms with van der Waals surface area (Å²) < 4.78 is 0. The molecule has 0 radical (unpaired) electrons. The van der Waals surface area contributed by atoms with Crippen molar-refractivity contribution in [2.24, 2.45) is 5.92 Å². The first kappa shape index (κ1) is 12.0. The first-order chi connectivity index (χ1) is 8.16. The van der Waals surface area contributed by atoms with Crippen LogP contribution in [0.25, 0.3) is 0 Å². The molecule has 0 bridgehead atoms. The van der Waals surface area contributed by atoms with E-state index in [0.29, 0.717) is 5.92 Å². The standard InChI is InChI=1S/C14H20N2O/c1-11(2)9-15-14(17)16-8-7-12-5-3-4-6-13(12)10-16/h3-6,11H,7-10H2,1-2H3,(H,15,17). The minimum atomic E-state index is 0.0632. The third kappa shape index (κ3) is 2.99. The molecule has 2 amide bonds. The Morgan fingerprint density at radius 1 is 1.35 bits per heavy atom. The Bertz CT molecular complexity index is 401. The van der Waals surface area contributed by atoms with E-state index in [1.54, 1.807) is 0 Å². The number of carbonyl (C=O) groups is 1. The lowest BCUT2D eigenvalue weighted by molar-refractivity contribution is 0.191. The van der Waals surface area contributed by atoms with Gasteiger partial charge in [0.05, 0.1) is 0 Å². The normalized spacial score (nSPS) is 14.6. The molecule has 1 aliphatic heterocycles. The molecule has 0 aromatic heterocycles. The van der Waals surface area contributed by atoms with Crippen LogP contribution in [0.1, 0.15) is 25.0 Å². The zero-order chi connectivity index (χ0) is 12.3. The van der Waals surface area contributed by atoms with E-state index in [4.69, 9.17) is 0 Å². The molecule has 1 aliphatic rings. The maximum absolute atomic E-state index is 11.9. The molecule has 0 unspecified atom stereocenters. The smallest absolute Gasteiger partial charge is 0.317 e. The van der Waals surface area contributed by atoms with Gasteiger partial charge < -0.3 is 10.2 Å². The first-order valence-corrected chi connectivity index (χ1v) is 6.26. The third-order valence-electron chi connectivity index (χ3n) is 3.08. The van der Waals surface area contributed by atoms with Crippen molar-refractivity contribution >= 4 is 6.03 Å². The molecule has 17 heavy (non-hydrogen) atoms. The molecule has 0 atom stereocenters. The highest BCUT2D eigenvalue weighted by Crippen LogP contribution is 2.18. The van der Waals surface area contributed by atoms with Gasteiger partial charge in [-0.25, -0.2) is 4.79 Å². The zero-order valence-electron chi connectivity index (χ0n) is 10.6. The molecule has 0 saturated heterocycles. The van der Waals surface area contributed by atoms with Gasteiger partial charge in [-0.2, -0.15) is 0 Å². The lowest BCUT2D eigenvalue weighted by Gasteiger charge is -2.29. The number of amides is 2. The largest absolute Gasteiger partial charge is 0.338 e. The van der Waals surface area contributed by atoms with Crippen LogP contribution in [0.5, 0.6) is 0 Å². The number of carbonyl (C=O) groups excluding carboxylic acids is 1. The van der Waals surface area contributed by atoms with Crippen LogP contribution in [0.3, 0.4) is 0 Å². The average molecular weight is 232 g/mol. The van der Waals surface area contributed by atoms with E-state index in [2.05, 4.69) is 37.4 Å². The van der Waals surface area contributed by atoms with Crippen molar-refractivity contribution in [3.05, 3.63) is 35.4 Å². The van der Waals surface area contributed by atoms with Gasteiger partial charge >= 0.3 is 6.03 Å². The van der Waals surface area contributed by atoms with Crippen molar-refractivity contribution < 1.29 is 4.79 Å². The van der Waals surface area contributed by atoms with Gasteiger partial charge in [-0.05, 0) is 23.5 Å². The van der Waals surface area contributed by atoms with Crippen molar-refractivity contribution in [2.45, 2.75) is 26.8 Å². The van der Waals surface area contributed by atoms with E-state index in [-0.39, 0.29) is 6.03 Å². The Morgan fingerprint density at radius 2 is 2.06 bits per heavy atom. The maximum Gasteiger partial charge on any atom is 0.317 e. The fraction of sp³-hybridized carbons (Fsp3) is 0.500. The summed E-state index contributed by atoms with van der Waals surface area (Å²) in [6.07, 6.45) is 0.964. The van der Waals surface area contributed by atoms with Crippen LogP contribution in [-0.4, -0.2) is 24.0 Å². The molecule has 1 heterocycles. The Morgan fingerprint density at radius 3 is 2.76 bits per heavy atom. The van der Waals surface area contributed by atoms with Crippen molar-refractivity contribution in [1.82, 2.24) is 10.2 Å². The van der Waals surface area contributed by atoms with Gasteiger partial charge in [-0.3, -0.25) is 0 Å². The molecule has 1 aromatic carbocycles. The number of fused-ring (bicyclic) bond motifs is 1. The molecular weight excluding hydrogens is 212 g/mol. The van der Waals surface area contributed by atoms with Crippen LogP contribution < -0.4 is 5.32 Å². The van der Waals surface area contributed by atoms with E-state index >= 15 is 0 Å². The number of urea groups is 1.